The third-order valence-corrected chi connectivity index (χ3v) is 6.62. The molecule has 0 aliphatic carbocycles. The number of hydrogen-bond donors (Lipinski definition) is 0. The fourth-order valence-electron chi connectivity index (χ4n) is 1.89. The van der Waals surface area contributed by atoms with Crippen LogP contribution in [0.3, 0.4) is 0 Å². The molecule has 0 fully saturated rings. The molecule has 168 valence electrons. The molecule has 0 aliphatic rings. The predicted molar refractivity (Wildman–Crippen MR) is 65.5 cm³/mol. The van der Waals surface area contributed by atoms with Gasteiger partial charge in [0.15, 0.2) is 0 Å². The van der Waals surface area contributed by atoms with Gasteiger partial charge in [-0.15, -0.1) is 0 Å². The Bertz CT molecular complexity index is 747. The molecule has 0 unspecified atom stereocenters. The van der Waals surface area contributed by atoms with Gasteiger partial charge in [0.1, 0.15) is 5.82 Å². The summed E-state index contributed by atoms with van der Waals surface area (Å²) in [6, 6.07) is -1.72. The van der Waals surface area contributed by atoms with E-state index in [1.165, 1.54) is 0 Å². The van der Waals surface area contributed by atoms with Crippen molar-refractivity contribution >= 4 is 12.4 Å². The van der Waals surface area contributed by atoms with Crippen LogP contribution in [0.5, 0.6) is 0 Å². The standard InChI is InChI=1S/C12H4F15OP/c13-5-1-3-6(4-2-5)29(28,11(24,25)7(14,15)9(18,19)20)12(26,27)8(16,17)10(21,22)23/h1-4H. The van der Waals surface area contributed by atoms with Gasteiger partial charge in [0.2, 0.25) is 0 Å². The van der Waals surface area contributed by atoms with Gasteiger partial charge in [-0.05, 0) is 24.3 Å². The largest absolute Gasteiger partial charge is 0.460 e. The van der Waals surface area contributed by atoms with E-state index in [2.05, 4.69) is 0 Å². The Morgan fingerprint density at radius 3 is 1.07 bits per heavy atom. The van der Waals surface area contributed by atoms with E-state index in [9.17, 15) is 70.4 Å². The van der Waals surface area contributed by atoms with Crippen molar-refractivity contribution in [3.05, 3.63) is 30.1 Å². The summed E-state index contributed by atoms with van der Waals surface area (Å²) in [4.78, 5) is 0. The topological polar surface area (TPSA) is 17.1 Å². The number of alkyl halides is 14. The van der Waals surface area contributed by atoms with Crippen molar-refractivity contribution in [2.45, 2.75) is 35.5 Å². The molecule has 0 aromatic heterocycles. The number of halogens is 15. The van der Waals surface area contributed by atoms with Crippen LogP contribution < -0.4 is 5.30 Å². The zero-order chi connectivity index (χ0) is 23.5. The van der Waals surface area contributed by atoms with Crippen LogP contribution in [-0.2, 0) is 4.57 Å². The van der Waals surface area contributed by atoms with Crippen molar-refractivity contribution in [1.82, 2.24) is 0 Å². The highest BCUT2D eigenvalue weighted by molar-refractivity contribution is 7.74. The lowest BCUT2D eigenvalue weighted by atomic mass is 10.3. The van der Waals surface area contributed by atoms with Crippen LogP contribution in [0.1, 0.15) is 0 Å². The Balaban J connectivity index is 4.07. The first kappa shape index (κ1) is 25.4. The minimum atomic E-state index is -8.71. The third kappa shape index (κ3) is 3.36. The van der Waals surface area contributed by atoms with E-state index >= 15 is 0 Å². The van der Waals surface area contributed by atoms with Crippen LogP contribution in [0, 0.1) is 5.82 Å². The molecule has 0 aliphatic heterocycles. The Morgan fingerprint density at radius 1 is 0.552 bits per heavy atom. The molecule has 0 heterocycles. The smallest absolute Gasteiger partial charge is 0.305 e. The van der Waals surface area contributed by atoms with Crippen molar-refractivity contribution in [1.29, 1.82) is 0 Å². The lowest BCUT2D eigenvalue weighted by molar-refractivity contribution is -0.345. The maximum absolute atomic E-state index is 13.9. The fraction of sp³-hybridized carbons (Fsp3) is 0.500. The molecule has 0 bridgehead atoms. The molecular formula is C12H4F15OP. The van der Waals surface area contributed by atoms with Gasteiger partial charge in [-0.3, -0.25) is 0 Å². The quantitative estimate of drug-likeness (QED) is 0.353. The molecule has 0 radical (unpaired) electrons. The highest BCUT2D eigenvalue weighted by Gasteiger charge is 2.90. The maximum atomic E-state index is 13.9. The van der Waals surface area contributed by atoms with E-state index in [1.807, 2.05) is 0 Å². The summed E-state index contributed by atoms with van der Waals surface area (Å²) in [5.74, 6) is -17.1. The second-order valence-electron chi connectivity index (χ2n) is 5.31. The van der Waals surface area contributed by atoms with E-state index < -0.39 is 65.9 Å². The molecular weight excluding hydrogens is 476 g/mol. The maximum Gasteiger partial charge on any atom is 0.460 e. The Kier molecular flexibility index (Phi) is 5.88. The van der Waals surface area contributed by atoms with Crippen molar-refractivity contribution in [3.8, 4) is 0 Å². The predicted octanol–water partition coefficient (Wildman–Crippen LogP) is 6.39. The Labute approximate surface area is 149 Å². The lowest BCUT2D eigenvalue weighted by Gasteiger charge is -2.40. The van der Waals surface area contributed by atoms with E-state index in [-0.39, 0.29) is 12.1 Å². The van der Waals surface area contributed by atoms with Crippen LogP contribution >= 0.6 is 7.14 Å². The number of benzene rings is 1. The van der Waals surface area contributed by atoms with Crippen LogP contribution in [0.2, 0.25) is 0 Å². The van der Waals surface area contributed by atoms with Crippen LogP contribution in [0.25, 0.3) is 0 Å². The van der Waals surface area contributed by atoms with Gasteiger partial charge in [0, 0.05) is 5.30 Å². The molecule has 17 heteroatoms. The summed E-state index contributed by atoms with van der Waals surface area (Å²) in [5, 5.41) is -2.68. The molecule has 0 saturated heterocycles. The summed E-state index contributed by atoms with van der Waals surface area (Å²) in [6.45, 7) is 0. The van der Waals surface area contributed by atoms with Crippen molar-refractivity contribution in [2.75, 3.05) is 0 Å². The van der Waals surface area contributed by atoms with Gasteiger partial charge >= 0.3 is 35.5 Å². The number of hydrogen-bond acceptors (Lipinski definition) is 1. The molecule has 0 amide bonds. The normalized spacial score (nSPS) is 15.6. The highest BCUT2D eigenvalue weighted by Crippen LogP contribution is 2.78. The Hall–Kier alpha value is -1.60. The SMILES string of the molecule is O=P(c1ccc(F)cc1)(C(F)(F)C(F)(F)C(F)(F)F)C(F)(F)C(F)(F)C(F)(F)F. The molecule has 1 aromatic rings. The molecule has 1 aromatic carbocycles. The molecule has 0 N–H and O–H groups in total. The monoisotopic (exact) mass is 480 g/mol. The van der Waals surface area contributed by atoms with Crippen LogP contribution in [0.4, 0.5) is 65.9 Å². The number of rotatable bonds is 5. The van der Waals surface area contributed by atoms with Crippen LogP contribution in [0.15, 0.2) is 24.3 Å². The first-order valence-electron chi connectivity index (χ1n) is 6.51. The van der Waals surface area contributed by atoms with E-state index in [0.717, 1.165) is 0 Å². The van der Waals surface area contributed by atoms with Crippen molar-refractivity contribution in [3.63, 3.8) is 0 Å². The first-order chi connectivity index (χ1) is 12.5. The van der Waals surface area contributed by atoms with Crippen molar-refractivity contribution in [2.24, 2.45) is 0 Å². The van der Waals surface area contributed by atoms with Gasteiger partial charge in [0.25, 0.3) is 7.14 Å². The fourth-order valence-corrected chi connectivity index (χ4v) is 4.50. The first-order valence-corrected chi connectivity index (χ1v) is 8.22. The minimum absolute atomic E-state index is 0.258. The molecule has 1 rings (SSSR count). The van der Waals surface area contributed by atoms with E-state index in [1.54, 1.807) is 0 Å². The molecule has 0 atom stereocenters. The second kappa shape index (κ2) is 6.71. The van der Waals surface area contributed by atoms with Gasteiger partial charge in [-0.1, -0.05) is 0 Å². The molecule has 0 spiro atoms. The Morgan fingerprint density at radius 2 is 0.828 bits per heavy atom. The van der Waals surface area contributed by atoms with Gasteiger partial charge in [-0.2, -0.15) is 61.5 Å². The van der Waals surface area contributed by atoms with Crippen LogP contribution in [-0.4, -0.2) is 35.5 Å². The summed E-state index contributed by atoms with van der Waals surface area (Å²) >= 11 is 0. The van der Waals surface area contributed by atoms with E-state index in [4.69, 9.17) is 0 Å². The van der Waals surface area contributed by atoms with E-state index in [0.29, 0.717) is 0 Å². The third-order valence-electron chi connectivity index (χ3n) is 3.45. The summed E-state index contributed by atoms with van der Waals surface area (Å²) in [6.07, 6.45) is -15.0. The minimum Gasteiger partial charge on any atom is -0.305 e. The average molecular weight is 480 g/mol. The molecule has 0 saturated carbocycles. The zero-order valence-electron chi connectivity index (χ0n) is 12.8. The van der Waals surface area contributed by atoms with Gasteiger partial charge < -0.3 is 4.57 Å². The van der Waals surface area contributed by atoms with Gasteiger partial charge in [-0.25, -0.2) is 4.39 Å². The molecule has 29 heavy (non-hydrogen) atoms. The summed E-state index contributed by atoms with van der Waals surface area (Å²) in [7, 11) is -8.71. The summed E-state index contributed by atoms with van der Waals surface area (Å²) < 4.78 is 207. The lowest BCUT2D eigenvalue weighted by Crippen LogP contribution is -2.60. The second-order valence-corrected chi connectivity index (χ2v) is 8.17. The highest BCUT2D eigenvalue weighted by atomic mass is 31.2. The average Bonchev–Trinajstić information content (AvgIpc) is 2.51. The zero-order valence-corrected chi connectivity index (χ0v) is 13.7. The molecule has 1 nitrogen and oxygen atoms in total. The van der Waals surface area contributed by atoms with Crippen molar-refractivity contribution < 1.29 is 70.4 Å². The summed E-state index contributed by atoms with van der Waals surface area (Å²) in [5.41, 5.74) is -15.4. The van der Waals surface area contributed by atoms with Gasteiger partial charge in [0.05, 0.1) is 0 Å².